The molecule has 0 spiro atoms. The Bertz CT molecular complexity index is 360. The Morgan fingerprint density at radius 2 is 1.04 bits per heavy atom. The third-order valence-corrected chi connectivity index (χ3v) is 3.43. The van der Waals surface area contributed by atoms with E-state index in [9.17, 15) is 48.3 Å². The molecule has 0 saturated carbocycles. The maximum absolute atomic E-state index is 13.6. The Balaban J connectivity index is 5.57. The summed E-state index contributed by atoms with van der Waals surface area (Å²) in [7, 11) is 0. The van der Waals surface area contributed by atoms with Crippen LogP contribution in [-0.2, 0) is 0 Å². The molecule has 0 aliphatic carbocycles. The number of hydrogen-bond donors (Lipinski definition) is 0. The molecule has 0 aromatic rings. The van der Waals surface area contributed by atoms with Crippen LogP contribution >= 0.6 is 0 Å². The number of rotatable bonds is 6. The highest BCUT2D eigenvalue weighted by Gasteiger charge is 2.72. The Labute approximate surface area is 125 Å². The Kier molecular flexibility index (Phi) is 6.40. The van der Waals surface area contributed by atoms with Crippen LogP contribution in [0.2, 0.25) is 0 Å². The van der Waals surface area contributed by atoms with Gasteiger partial charge >= 0.3 is 18.5 Å². The van der Waals surface area contributed by atoms with Crippen molar-refractivity contribution in [2.24, 2.45) is 5.92 Å². The molecule has 0 aromatic carbocycles. The van der Waals surface area contributed by atoms with Crippen LogP contribution in [0.15, 0.2) is 0 Å². The average Bonchev–Trinajstić information content (AvgIpc) is 2.23. The van der Waals surface area contributed by atoms with Gasteiger partial charge in [-0.2, -0.15) is 39.5 Å². The first-order valence-electron chi connectivity index (χ1n) is 6.47. The van der Waals surface area contributed by atoms with Gasteiger partial charge in [-0.1, -0.05) is 19.8 Å². The lowest BCUT2D eigenvalue weighted by atomic mass is 9.81. The first kappa shape index (κ1) is 22.2. The molecule has 0 nitrogen and oxygen atoms in total. The summed E-state index contributed by atoms with van der Waals surface area (Å²) in [4.78, 5) is 0. The van der Waals surface area contributed by atoms with E-state index in [1.807, 2.05) is 0 Å². The lowest BCUT2D eigenvalue weighted by molar-refractivity contribution is -0.347. The second-order valence-corrected chi connectivity index (χ2v) is 5.55. The smallest absolute Gasteiger partial charge is 0.234 e. The van der Waals surface area contributed by atoms with Crippen molar-refractivity contribution >= 4 is 0 Å². The first-order valence-corrected chi connectivity index (χ1v) is 6.47. The van der Waals surface area contributed by atoms with Crippen molar-refractivity contribution in [3.8, 4) is 0 Å². The molecule has 2 unspecified atom stereocenters. The number of halogens is 11. The van der Waals surface area contributed by atoms with E-state index in [4.69, 9.17) is 0 Å². The molecule has 0 rings (SSSR count). The summed E-state index contributed by atoms with van der Waals surface area (Å²) in [6.07, 6.45) is -23.0. The zero-order chi connectivity index (χ0) is 18.9. The highest BCUT2D eigenvalue weighted by atomic mass is 19.4. The summed E-state index contributed by atoms with van der Waals surface area (Å²) >= 11 is 0. The van der Waals surface area contributed by atoms with E-state index < -0.39 is 55.0 Å². The van der Waals surface area contributed by atoms with E-state index in [2.05, 4.69) is 0 Å². The van der Waals surface area contributed by atoms with Crippen LogP contribution in [-0.4, -0.2) is 29.9 Å². The summed E-state index contributed by atoms with van der Waals surface area (Å²) < 4.78 is 139. The third kappa shape index (κ3) is 5.10. The van der Waals surface area contributed by atoms with Crippen LogP contribution in [0.3, 0.4) is 0 Å². The second kappa shape index (κ2) is 6.62. The Hall–Kier alpha value is -0.770. The van der Waals surface area contributed by atoms with Crippen LogP contribution in [0.4, 0.5) is 48.3 Å². The molecule has 0 aromatic heterocycles. The van der Waals surface area contributed by atoms with Crippen LogP contribution in [0.1, 0.15) is 39.5 Å². The lowest BCUT2D eigenvalue weighted by Gasteiger charge is -2.35. The van der Waals surface area contributed by atoms with Crippen molar-refractivity contribution in [1.82, 2.24) is 0 Å². The molecule has 0 aliphatic rings. The number of alkyl halides is 11. The monoisotopic (exact) mass is 368 g/mol. The van der Waals surface area contributed by atoms with Gasteiger partial charge in [-0.3, -0.25) is 0 Å². The lowest BCUT2D eigenvalue weighted by Crippen LogP contribution is -2.54. The van der Waals surface area contributed by atoms with Crippen LogP contribution < -0.4 is 0 Å². The van der Waals surface area contributed by atoms with E-state index in [0.29, 0.717) is 0 Å². The molecule has 0 saturated heterocycles. The van der Waals surface area contributed by atoms with Crippen molar-refractivity contribution in [3.05, 3.63) is 0 Å². The fraction of sp³-hybridized carbons (Fsp3) is 1.00. The molecule has 0 N–H and O–H groups in total. The van der Waals surface area contributed by atoms with E-state index in [-0.39, 0.29) is 13.3 Å². The summed E-state index contributed by atoms with van der Waals surface area (Å²) in [5.74, 6) is -2.09. The molecule has 0 fully saturated rings. The van der Waals surface area contributed by atoms with Gasteiger partial charge in [0.25, 0.3) is 5.67 Å². The van der Waals surface area contributed by atoms with E-state index in [1.165, 1.54) is 6.92 Å². The van der Waals surface area contributed by atoms with E-state index in [0.717, 1.165) is 0 Å². The summed E-state index contributed by atoms with van der Waals surface area (Å²) in [5.41, 5.74) is -9.72. The highest BCUT2D eigenvalue weighted by Crippen LogP contribution is 2.52. The van der Waals surface area contributed by atoms with Gasteiger partial charge in [-0.25, -0.2) is 8.78 Å². The van der Waals surface area contributed by atoms with Gasteiger partial charge in [0, 0.05) is 6.42 Å². The summed E-state index contributed by atoms with van der Waals surface area (Å²) in [6, 6.07) is 0. The van der Waals surface area contributed by atoms with Crippen molar-refractivity contribution < 1.29 is 48.3 Å². The van der Waals surface area contributed by atoms with Gasteiger partial charge in [0.1, 0.15) is 0 Å². The predicted molar refractivity (Wildman–Crippen MR) is 59.1 cm³/mol. The topological polar surface area (TPSA) is 0 Å². The fourth-order valence-corrected chi connectivity index (χ4v) is 2.13. The molecule has 0 bridgehead atoms. The molecular weight excluding hydrogens is 353 g/mol. The number of hydrogen-bond acceptors (Lipinski definition) is 0. The van der Waals surface area contributed by atoms with Crippen molar-refractivity contribution in [2.45, 2.75) is 69.4 Å². The maximum Gasteiger partial charge on any atom is 0.431 e. The standard InChI is InChI=1S/C12H15F11/c1-3-4-7(5-8(2,13)10(15,16)17)6-9(14,11(18,19)20)12(21,22)23/h7H,3-6H2,1-2H3. The minimum atomic E-state index is -6.37. The van der Waals surface area contributed by atoms with E-state index in [1.54, 1.807) is 0 Å². The van der Waals surface area contributed by atoms with Gasteiger partial charge in [-0.05, 0) is 19.3 Å². The van der Waals surface area contributed by atoms with Gasteiger partial charge in [0.15, 0.2) is 0 Å². The SMILES string of the molecule is CCCC(CC(C)(F)C(F)(F)F)CC(F)(C(F)(F)F)C(F)(F)F. The molecule has 0 amide bonds. The van der Waals surface area contributed by atoms with Crippen molar-refractivity contribution in [2.75, 3.05) is 0 Å². The predicted octanol–water partition coefficient (Wildman–Crippen LogP) is 6.31. The Morgan fingerprint density at radius 3 is 1.30 bits per heavy atom. The molecule has 0 aliphatic heterocycles. The molecule has 0 heterocycles. The van der Waals surface area contributed by atoms with Gasteiger partial charge < -0.3 is 0 Å². The molecular formula is C12H15F11. The van der Waals surface area contributed by atoms with Crippen LogP contribution in [0.25, 0.3) is 0 Å². The molecule has 0 radical (unpaired) electrons. The van der Waals surface area contributed by atoms with Crippen molar-refractivity contribution in [3.63, 3.8) is 0 Å². The van der Waals surface area contributed by atoms with Crippen molar-refractivity contribution in [1.29, 1.82) is 0 Å². The fourth-order valence-electron chi connectivity index (χ4n) is 2.13. The molecule has 11 heteroatoms. The minimum absolute atomic E-state index is 0.00323. The van der Waals surface area contributed by atoms with Gasteiger partial charge in [0.2, 0.25) is 5.67 Å². The van der Waals surface area contributed by atoms with Gasteiger partial charge in [-0.15, -0.1) is 0 Å². The van der Waals surface area contributed by atoms with Crippen LogP contribution in [0, 0.1) is 5.92 Å². The molecule has 2 atom stereocenters. The highest BCUT2D eigenvalue weighted by molar-refractivity contribution is 4.97. The zero-order valence-electron chi connectivity index (χ0n) is 12.1. The second-order valence-electron chi connectivity index (χ2n) is 5.55. The average molecular weight is 368 g/mol. The first-order chi connectivity index (χ1) is 9.89. The quantitative estimate of drug-likeness (QED) is 0.482. The Morgan fingerprint density at radius 1 is 0.652 bits per heavy atom. The van der Waals surface area contributed by atoms with E-state index >= 15 is 0 Å². The molecule has 140 valence electrons. The maximum atomic E-state index is 13.6. The van der Waals surface area contributed by atoms with Gasteiger partial charge in [0.05, 0.1) is 0 Å². The molecule has 23 heavy (non-hydrogen) atoms. The summed E-state index contributed by atoms with van der Waals surface area (Å²) in [5, 5.41) is 0. The zero-order valence-corrected chi connectivity index (χ0v) is 12.1. The minimum Gasteiger partial charge on any atom is -0.234 e. The third-order valence-electron chi connectivity index (χ3n) is 3.43. The summed E-state index contributed by atoms with van der Waals surface area (Å²) in [6.45, 7) is 1.26. The van der Waals surface area contributed by atoms with Crippen LogP contribution in [0.5, 0.6) is 0 Å². The largest absolute Gasteiger partial charge is 0.431 e. The normalized spacial score (nSPS) is 18.7.